The predicted octanol–water partition coefficient (Wildman–Crippen LogP) is -0.0107. The highest BCUT2D eigenvalue weighted by molar-refractivity contribution is 9.09. The first kappa shape index (κ1) is 12.5. The lowest BCUT2D eigenvalue weighted by Gasteiger charge is -2.03. The largest absolute Gasteiger partial charge is 0.348 e. The fraction of sp³-hybridized carbons (Fsp3) is 0.300. The van der Waals surface area contributed by atoms with Crippen molar-refractivity contribution in [3.8, 4) is 12.3 Å². The second kappa shape index (κ2) is 6.08. The number of allylic oxidation sites excluding steroid dienone is 2. The van der Waals surface area contributed by atoms with Gasteiger partial charge in [0.05, 0.1) is 13.1 Å². The topological polar surface area (TPSA) is 56.9 Å². The molecule has 0 bridgehead atoms. The second-order valence-corrected chi connectivity index (χ2v) is 3.51. The van der Waals surface area contributed by atoms with E-state index in [1.54, 1.807) is 6.08 Å². The molecule has 1 aromatic rings. The Kier molecular flexibility index (Phi) is 4.73. The maximum absolute atomic E-state index is 11.7. The first-order valence-corrected chi connectivity index (χ1v) is 5.64. The molecular formula is C10H10BrN3O2. The maximum atomic E-state index is 11.7. The average molecular weight is 284 g/mol. The molecule has 0 atom stereocenters. The van der Waals surface area contributed by atoms with Gasteiger partial charge >= 0.3 is 5.69 Å². The monoisotopic (exact) mass is 283 g/mol. The van der Waals surface area contributed by atoms with Gasteiger partial charge in [-0.05, 0) is 0 Å². The van der Waals surface area contributed by atoms with Gasteiger partial charge < -0.3 is 0 Å². The molecule has 84 valence electrons. The van der Waals surface area contributed by atoms with Crippen molar-refractivity contribution in [3.63, 3.8) is 0 Å². The van der Waals surface area contributed by atoms with Crippen molar-refractivity contribution in [2.24, 2.45) is 0 Å². The van der Waals surface area contributed by atoms with Crippen LogP contribution in [0.5, 0.6) is 0 Å². The quantitative estimate of drug-likeness (QED) is 0.444. The van der Waals surface area contributed by atoms with Gasteiger partial charge in [0, 0.05) is 5.33 Å². The van der Waals surface area contributed by atoms with E-state index in [2.05, 4.69) is 26.9 Å². The third-order valence-electron chi connectivity index (χ3n) is 1.81. The van der Waals surface area contributed by atoms with Gasteiger partial charge in [-0.2, -0.15) is 5.10 Å². The molecule has 0 saturated carbocycles. The normalized spacial score (nSPS) is 10.5. The van der Waals surface area contributed by atoms with Crippen molar-refractivity contribution in [2.75, 3.05) is 5.33 Å². The van der Waals surface area contributed by atoms with Crippen LogP contribution in [0.2, 0.25) is 0 Å². The van der Waals surface area contributed by atoms with Crippen LogP contribution in [0.4, 0.5) is 0 Å². The van der Waals surface area contributed by atoms with Crippen LogP contribution in [0.3, 0.4) is 0 Å². The number of hydrogen-bond acceptors (Lipinski definition) is 3. The molecule has 1 heterocycles. The molecule has 0 N–H and O–H groups in total. The van der Waals surface area contributed by atoms with Gasteiger partial charge in [-0.1, -0.05) is 34.0 Å². The number of alkyl halides is 1. The van der Waals surface area contributed by atoms with Gasteiger partial charge in [-0.3, -0.25) is 4.79 Å². The van der Waals surface area contributed by atoms with Crippen molar-refractivity contribution >= 4 is 15.9 Å². The molecular weight excluding hydrogens is 274 g/mol. The van der Waals surface area contributed by atoms with Crippen LogP contribution in [0.1, 0.15) is 0 Å². The van der Waals surface area contributed by atoms with E-state index < -0.39 is 11.2 Å². The van der Waals surface area contributed by atoms with Gasteiger partial charge in [0.25, 0.3) is 5.56 Å². The van der Waals surface area contributed by atoms with Gasteiger partial charge in [0.15, 0.2) is 0 Å². The third kappa shape index (κ3) is 2.94. The molecule has 1 rings (SSSR count). The zero-order valence-corrected chi connectivity index (χ0v) is 10.1. The summed E-state index contributed by atoms with van der Waals surface area (Å²) in [6, 6.07) is 0. The third-order valence-corrected chi connectivity index (χ3v) is 2.18. The molecule has 6 heteroatoms. The Bertz CT molecular complexity index is 536. The summed E-state index contributed by atoms with van der Waals surface area (Å²) in [5.74, 6) is 2.26. The van der Waals surface area contributed by atoms with E-state index in [0.717, 1.165) is 10.8 Å². The Labute approximate surface area is 101 Å². The number of hydrogen-bond donors (Lipinski definition) is 0. The lowest BCUT2D eigenvalue weighted by molar-refractivity contribution is 0.554. The lowest BCUT2D eigenvalue weighted by Crippen LogP contribution is -2.40. The highest BCUT2D eigenvalue weighted by Crippen LogP contribution is 1.83. The van der Waals surface area contributed by atoms with Crippen molar-refractivity contribution in [1.82, 2.24) is 14.3 Å². The number of aromatic nitrogens is 3. The number of terminal acetylenes is 1. The van der Waals surface area contributed by atoms with Crippen LogP contribution in [-0.4, -0.2) is 19.7 Å². The molecule has 0 saturated heterocycles. The predicted molar refractivity (Wildman–Crippen MR) is 64.5 cm³/mol. The van der Waals surface area contributed by atoms with Gasteiger partial charge in [-0.25, -0.2) is 14.0 Å². The fourth-order valence-corrected chi connectivity index (χ4v) is 1.34. The van der Waals surface area contributed by atoms with E-state index in [0.29, 0.717) is 11.9 Å². The Morgan fingerprint density at radius 1 is 1.50 bits per heavy atom. The van der Waals surface area contributed by atoms with Crippen molar-refractivity contribution in [1.29, 1.82) is 0 Å². The highest BCUT2D eigenvalue weighted by atomic mass is 79.9. The summed E-state index contributed by atoms with van der Waals surface area (Å²) in [5.41, 5.74) is -0.978. The SMILES string of the molecule is C#CCn1c(=O)cnn(C/C=C/CBr)c1=O. The first-order chi connectivity index (χ1) is 7.70. The van der Waals surface area contributed by atoms with Crippen LogP contribution in [0.15, 0.2) is 27.9 Å². The van der Waals surface area contributed by atoms with Crippen molar-refractivity contribution < 1.29 is 0 Å². The minimum Gasteiger partial charge on any atom is -0.267 e. The molecule has 5 nitrogen and oxygen atoms in total. The standard InChI is InChI=1S/C10H10BrN3O2/c1-2-6-13-9(15)8-12-14(10(13)16)7-4-3-5-11/h1,3-4,8H,5-7H2/b4-3+. The van der Waals surface area contributed by atoms with E-state index in [1.807, 2.05) is 6.08 Å². The minimum atomic E-state index is -0.496. The molecule has 0 unspecified atom stereocenters. The molecule has 0 aromatic carbocycles. The van der Waals surface area contributed by atoms with E-state index >= 15 is 0 Å². The molecule has 0 aliphatic rings. The Balaban J connectivity index is 3.10. The average Bonchev–Trinajstić information content (AvgIpc) is 2.28. The van der Waals surface area contributed by atoms with Crippen LogP contribution >= 0.6 is 15.9 Å². The summed E-state index contributed by atoms with van der Waals surface area (Å²) in [7, 11) is 0. The molecule has 0 aliphatic heterocycles. The van der Waals surface area contributed by atoms with E-state index in [1.165, 1.54) is 4.68 Å². The second-order valence-electron chi connectivity index (χ2n) is 2.86. The number of halogens is 1. The zero-order valence-electron chi connectivity index (χ0n) is 8.47. The van der Waals surface area contributed by atoms with Gasteiger partial charge in [0.1, 0.15) is 6.20 Å². The smallest absolute Gasteiger partial charge is 0.267 e. The molecule has 0 aliphatic carbocycles. The Hall–Kier alpha value is -1.61. The van der Waals surface area contributed by atoms with Gasteiger partial charge in [0.2, 0.25) is 0 Å². The maximum Gasteiger partial charge on any atom is 0.348 e. The van der Waals surface area contributed by atoms with Crippen molar-refractivity contribution in [2.45, 2.75) is 13.1 Å². The summed E-state index contributed by atoms with van der Waals surface area (Å²) in [6.45, 7) is 0.275. The van der Waals surface area contributed by atoms with Crippen LogP contribution < -0.4 is 11.2 Å². The summed E-state index contributed by atoms with van der Waals surface area (Å²) >= 11 is 3.22. The molecule has 1 aromatic heterocycles. The lowest BCUT2D eigenvalue weighted by atomic mass is 10.5. The van der Waals surface area contributed by atoms with Crippen molar-refractivity contribution in [3.05, 3.63) is 39.2 Å². The van der Waals surface area contributed by atoms with Crippen LogP contribution in [-0.2, 0) is 13.1 Å². The minimum absolute atomic E-state index is 0.0393. The number of nitrogens with zero attached hydrogens (tertiary/aromatic N) is 3. The molecule has 0 fully saturated rings. The Morgan fingerprint density at radius 3 is 2.88 bits per heavy atom. The molecule has 0 spiro atoms. The summed E-state index contributed by atoms with van der Waals surface area (Å²) in [4.78, 5) is 23.0. The van der Waals surface area contributed by atoms with Crippen LogP contribution in [0.25, 0.3) is 0 Å². The summed E-state index contributed by atoms with van der Waals surface area (Å²) in [6.07, 6.45) is 9.77. The van der Waals surface area contributed by atoms with Crippen LogP contribution in [0, 0.1) is 12.3 Å². The van der Waals surface area contributed by atoms with E-state index in [-0.39, 0.29) is 6.54 Å². The Morgan fingerprint density at radius 2 is 2.25 bits per heavy atom. The molecule has 16 heavy (non-hydrogen) atoms. The van der Waals surface area contributed by atoms with E-state index in [4.69, 9.17) is 6.42 Å². The highest BCUT2D eigenvalue weighted by Gasteiger charge is 2.03. The summed E-state index contributed by atoms with van der Waals surface area (Å²) in [5, 5.41) is 4.43. The molecule has 0 radical (unpaired) electrons. The summed E-state index contributed by atoms with van der Waals surface area (Å²) < 4.78 is 2.15. The molecule has 0 amide bonds. The van der Waals surface area contributed by atoms with E-state index in [9.17, 15) is 9.59 Å². The number of rotatable bonds is 4. The first-order valence-electron chi connectivity index (χ1n) is 4.52. The fourth-order valence-electron chi connectivity index (χ4n) is 1.07. The zero-order chi connectivity index (χ0) is 12.0. The van der Waals surface area contributed by atoms with Gasteiger partial charge in [-0.15, -0.1) is 6.42 Å².